The first kappa shape index (κ1) is 16.2. The van der Waals surface area contributed by atoms with Gasteiger partial charge in [0.2, 0.25) is 5.95 Å². The number of aromatic nitrogens is 4. The minimum Gasteiger partial charge on any atom is -0.393 e. The lowest BCUT2D eigenvalue weighted by atomic mass is 9.92. The number of piperidine rings is 1. The van der Waals surface area contributed by atoms with E-state index < -0.39 is 5.60 Å². The molecule has 1 aromatic carbocycles. The van der Waals surface area contributed by atoms with Crippen molar-refractivity contribution in [3.63, 3.8) is 0 Å². The zero-order valence-corrected chi connectivity index (χ0v) is 13.8. The van der Waals surface area contributed by atoms with E-state index in [0.29, 0.717) is 17.5 Å². The van der Waals surface area contributed by atoms with E-state index >= 15 is 0 Å². The maximum absolute atomic E-state index is 9.53. The number of nitrogens with zero attached hydrogens (tertiary/aromatic N) is 5. The van der Waals surface area contributed by atoms with Crippen LogP contribution in [0.5, 0.6) is 0 Å². The lowest BCUT2D eigenvalue weighted by Gasteiger charge is -2.39. The van der Waals surface area contributed by atoms with Crippen LogP contribution in [0.3, 0.4) is 0 Å². The third kappa shape index (κ3) is 3.31. The Morgan fingerprint density at radius 1 is 1.30 bits per heavy atom. The Bertz CT molecular complexity index is 649. The summed E-state index contributed by atoms with van der Waals surface area (Å²) >= 11 is 6.21. The van der Waals surface area contributed by atoms with E-state index in [2.05, 4.69) is 20.4 Å². The van der Waals surface area contributed by atoms with Crippen molar-refractivity contribution < 1.29 is 9.84 Å². The first-order chi connectivity index (χ1) is 11.2. The highest BCUT2D eigenvalue weighted by atomic mass is 35.5. The Morgan fingerprint density at radius 2 is 2.04 bits per heavy atom. The van der Waals surface area contributed by atoms with Gasteiger partial charge in [0.25, 0.3) is 0 Å². The summed E-state index contributed by atoms with van der Waals surface area (Å²) in [5, 5.41) is 22.3. The van der Waals surface area contributed by atoms with Crippen LogP contribution >= 0.6 is 11.6 Å². The normalized spacial score (nSPS) is 17.4. The van der Waals surface area contributed by atoms with Crippen LogP contribution in [0.25, 0.3) is 0 Å². The molecule has 1 aliphatic rings. The van der Waals surface area contributed by atoms with Gasteiger partial charge in [-0.3, -0.25) is 0 Å². The molecule has 1 aromatic heterocycles. The van der Waals surface area contributed by atoms with E-state index in [-0.39, 0.29) is 6.61 Å². The smallest absolute Gasteiger partial charge is 0.245 e. The van der Waals surface area contributed by atoms with Gasteiger partial charge < -0.3 is 14.7 Å². The number of aliphatic hydroxyl groups is 1. The molecule has 2 aromatic rings. The second-order valence-electron chi connectivity index (χ2n) is 5.76. The zero-order valence-electron chi connectivity index (χ0n) is 13.0. The van der Waals surface area contributed by atoms with E-state index in [9.17, 15) is 5.11 Å². The Kier molecular flexibility index (Phi) is 4.79. The molecular weight excluding hydrogens is 318 g/mol. The predicted molar refractivity (Wildman–Crippen MR) is 86.6 cm³/mol. The summed E-state index contributed by atoms with van der Waals surface area (Å²) < 4.78 is 7.23. The second kappa shape index (κ2) is 6.82. The molecule has 0 atom stereocenters. The predicted octanol–water partition coefficient (Wildman–Crippen LogP) is 1.35. The Balaban J connectivity index is 1.74. The lowest BCUT2D eigenvalue weighted by molar-refractivity contribution is -0.0674. The number of benzene rings is 1. The molecule has 1 aliphatic heterocycles. The molecule has 124 valence electrons. The summed E-state index contributed by atoms with van der Waals surface area (Å²) in [4.78, 5) is 2.11. The van der Waals surface area contributed by atoms with Crippen LogP contribution in [0, 0.1) is 0 Å². The van der Waals surface area contributed by atoms with Crippen molar-refractivity contribution in [1.29, 1.82) is 0 Å². The molecule has 0 bridgehead atoms. The number of hydrogen-bond donors (Lipinski definition) is 1. The highest BCUT2D eigenvalue weighted by Crippen LogP contribution is 2.28. The maximum Gasteiger partial charge on any atom is 0.245 e. The van der Waals surface area contributed by atoms with Gasteiger partial charge in [-0.2, -0.15) is 0 Å². The average molecular weight is 338 g/mol. The molecule has 8 heteroatoms. The van der Waals surface area contributed by atoms with Gasteiger partial charge in [0, 0.05) is 25.2 Å². The Hall–Kier alpha value is -1.70. The third-order valence-electron chi connectivity index (χ3n) is 4.47. The second-order valence-corrected chi connectivity index (χ2v) is 6.17. The standard InChI is InChI=1S/C15H20ClN5O2/c1-23-15(11-22)6-8-20(9-7-15)14-17-18-19-21(14)10-12-4-2-3-5-13(12)16/h2-5,22H,6-11H2,1H3. The van der Waals surface area contributed by atoms with E-state index in [1.807, 2.05) is 24.3 Å². The molecule has 3 rings (SSSR count). The van der Waals surface area contributed by atoms with Gasteiger partial charge >= 0.3 is 0 Å². The highest BCUT2D eigenvalue weighted by molar-refractivity contribution is 6.31. The summed E-state index contributed by atoms with van der Waals surface area (Å²) in [6.45, 7) is 2.02. The molecule has 0 unspecified atom stereocenters. The summed E-state index contributed by atoms with van der Waals surface area (Å²) in [5.74, 6) is 0.715. The van der Waals surface area contributed by atoms with Crippen LogP contribution in [0.1, 0.15) is 18.4 Å². The van der Waals surface area contributed by atoms with Crippen molar-refractivity contribution in [2.45, 2.75) is 25.0 Å². The fourth-order valence-electron chi connectivity index (χ4n) is 2.86. The van der Waals surface area contributed by atoms with Crippen molar-refractivity contribution in [2.75, 3.05) is 31.7 Å². The molecule has 0 spiro atoms. The highest BCUT2D eigenvalue weighted by Gasteiger charge is 2.35. The molecule has 0 radical (unpaired) electrons. The number of methoxy groups -OCH3 is 1. The Labute approximate surface area is 139 Å². The summed E-state index contributed by atoms with van der Waals surface area (Å²) in [5.41, 5.74) is 0.527. The molecule has 1 fully saturated rings. The van der Waals surface area contributed by atoms with Crippen LogP contribution in [0.2, 0.25) is 5.02 Å². The van der Waals surface area contributed by atoms with Crippen LogP contribution in [0.15, 0.2) is 24.3 Å². The number of halogens is 1. The van der Waals surface area contributed by atoms with Gasteiger partial charge in [-0.25, -0.2) is 4.68 Å². The fraction of sp³-hybridized carbons (Fsp3) is 0.533. The first-order valence-electron chi connectivity index (χ1n) is 7.58. The van der Waals surface area contributed by atoms with Gasteiger partial charge in [-0.05, 0) is 34.9 Å². The van der Waals surface area contributed by atoms with E-state index in [0.717, 1.165) is 31.5 Å². The number of rotatable bonds is 5. The van der Waals surface area contributed by atoms with Crippen molar-refractivity contribution in [3.05, 3.63) is 34.9 Å². The monoisotopic (exact) mass is 337 g/mol. The van der Waals surface area contributed by atoms with Crippen LogP contribution in [0.4, 0.5) is 5.95 Å². The molecule has 0 saturated carbocycles. The van der Waals surface area contributed by atoms with E-state index in [4.69, 9.17) is 16.3 Å². The van der Waals surface area contributed by atoms with Crippen LogP contribution in [-0.4, -0.2) is 57.7 Å². The number of ether oxygens (including phenoxy) is 1. The number of tetrazole rings is 1. The van der Waals surface area contributed by atoms with Crippen LogP contribution < -0.4 is 4.90 Å². The quantitative estimate of drug-likeness (QED) is 0.887. The Morgan fingerprint density at radius 3 is 2.70 bits per heavy atom. The van der Waals surface area contributed by atoms with E-state index in [1.165, 1.54) is 0 Å². The molecule has 2 heterocycles. The van der Waals surface area contributed by atoms with Crippen molar-refractivity contribution in [1.82, 2.24) is 20.2 Å². The molecule has 23 heavy (non-hydrogen) atoms. The SMILES string of the molecule is COC1(CO)CCN(c2nnnn2Cc2ccccc2Cl)CC1. The van der Waals surface area contributed by atoms with Gasteiger partial charge in [0.1, 0.15) is 0 Å². The molecular formula is C15H20ClN5O2. The lowest BCUT2D eigenvalue weighted by Crippen LogP contribution is -2.48. The maximum atomic E-state index is 9.53. The first-order valence-corrected chi connectivity index (χ1v) is 7.96. The summed E-state index contributed by atoms with van der Waals surface area (Å²) in [6.07, 6.45) is 1.47. The molecule has 7 nitrogen and oxygen atoms in total. The topological polar surface area (TPSA) is 76.3 Å². The number of aliphatic hydroxyl groups excluding tert-OH is 1. The number of anilines is 1. The van der Waals surface area contributed by atoms with Gasteiger partial charge in [-0.15, -0.1) is 0 Å². The average Bonchev–Trinajstić information content (AvgIpc) is 3.05. The molecule has 1 saturated heterocycles. The van der Waals surface area contributed by atoms with Crippen molar-refractivity contribution in [2.24, 2.45) is 0 Å². The summed E-state index contributed by atoms with van der Waals surface area (Å²) in [6, 6.07) is 7.66. The molecule has 0 aliphatic carbocycles. The summed E-state index contributed by atoms with van der Waals surface area (Å²) in [7, 11) is 1.65. The largest absolute Gasteiger partial charge is 0.393 e. The molecule has 1 N–H and O–H groups in total. The van der Waals surface area contributed by atoms with Gasteiger partial charge in [-0.1, -0.05) is 34.9 Å². The fourth-order valence-corrected chi connectivity index (χ4v) is 3.05. The minimum absolute atomic E-state index is 0.0297. The van der Waals surface area contributed by atoms with Gasteiger partial charge in [0.05, 0.1) is 18.8 Å². The van der Waals surface area contributed by atoms with Gasteiger partial charge in [0.15, 0.2) is 0 Å². The van der Waals surface area contributed by atoms with Crippen molar-refractivity contribution >= 4 is 17.5 Å². The zero-order chi connectivity index (χ0) is 16.3. The van der Waals surface area contributed by atoms with E-state index in [1.54, 1.807) is 11.8 Å². The number of hydrogen-bond acceptors (Lipinski definition) is 6. The van der Waals surface area contributed by atoms with Crippen molar-refractivity contribution in [3.8, 4) is 0 Å². The molecule has 0 amide bonds. The minimum atomic E-state index is -0.447. The van der Waals surface area contributed by atoms with Crippen LogP contribution in [-0.2, 0) is 11.3 Å². The third-order valence-corrected chi connectivity index (χ3v) is 4.84.